The molecule has 0 spiro atoms. The zero-order valence-electron chi connectivity index (χ0n) is 15.9. The molecule has 4 nitrogen and oxygen atoms in total. The fourth-order valence-corrected chi connectivity index (χ4v) is 3.42. The molecule has 0 saturated heterocycles. The van der Waals surface area contributed by atoms with Gasteiger partial charge in [0, 0.05) is 29.7 Å². The Kier molecular flexibility index (Phi) is 5.97. The van der Waals surface area contributed by atoms with E-state index in [2.05, 4.69) is 10.2 Å². The van der Waals surface area contributed by atoms with E-state index in [0.29, 0.717) is 36.3 Å². The summed E-state index contributed by atoms with van der Waals surface area (Å²) in [6.07, 6.45) is 3.78. The molecule has 0 radical (unpaired) electrons. The Hall–Kier alpha value is -2.63. The summed E-state index contributed by atoms with van der Waals surface area (Å²) >= 11 is 6.23. The van der Waals surface area contributed by atoms with Crippen molar-refractivity contribution in [2.24, 2.45) is 0 Å². The minimum atomic E-state index is -0.351. The van der Waals surface area contributed by atoms with Gasteiger partial charge in [-0.25, -0.2) is 4.39 Å². The van der Waals surface area contributed by atoms with Gasteiger partial charge < -0.3 is 9.73 Å². The SMILES string of the molecule is O=C(NC1CC1)c1ccc(CN(Cc2ccco2)Cc2ccc(F)cc2Cl)cc1. The van der Waals surface area contributed by atoms with Crippen LogP contribution in [-0.2, 0) is 19.6 Å². The van der Waals surface area contributed by atoms with Crippen LogP contribution in [0.3, 0.4) is 0 Å². The molecule has 2 aromatic carbocycles. The molecule has 1 aromatic heterocycles. The molecule has 0 aliphatic heterocycles. The van der Waals surface area contributed by atoms with Crippen molar-refractivity contribution in [3.05, 3.63) is 94.2 Å². The maximum Gasteiger partial charge on any atom is 0.251 e. The van der Waals surface area contributed by atoms with E-state index < -0.39 is 0 Å². The highest BCUT2D eigenvalue weighted by atomic mass is 35.5. The normalized spacial score (nSPS) is 13.6. The lowest BCUT2D eigenvalue weighted by atomic mass is 10.1. The summed E-state index contributed by atoms with van der Waals surface area (Å²) in [5.41, 5.74) is 2.58. The van der Waals surface area contributed by atoms with Crippen molar-refractivity contribution < 1.29 is 13.6 Å². The van der Waals surface area contributed by atoms with Gasteiger partial charge in [0.1, 0.15) is 11.6 Å². The molecule has 150 valence electrons. The molecule has 0 atom stereocenters. The number of nitrogens with zero attached hydrogens (tertiary/aromatic N) is 1. The molecule has 0 bridgehead atoms. The Balaban J connectivity index is 1.47. The van der Waals surface area contributed by atoms with E-state index in [1.807, 2.05) is 36.4 Å². The maximum absolute atomic E-state index is 13.4. The molecule has 1 saturated carbocycles. The zero-order chi connectivity index (χ0) is 20.2. The van der Waals surface area contributed by atoms with Crippen LogP contribution in [0.1, 0.15) is 40.1 Å². The van der Waals surface area contributed by atoms with Crippen LogP contribution >= 0.6 is 11.6 Å². The van der Waals surface area contributed by atoms with Gasteiger partial charge in [0.2, 0.25) is 0 Å². The molecular formula is C23H22ClFN2O2. The maximum atomic E-state index is 13.4. The Morgan fingerprint density at radius 1 is 1.10 bits per heavy atom. The van der Waals surface area contributed by atoms with Gasteiger partial charge in [-0.3, -0.25) is 9.69 Å². The third kappa shape index (κ3) is 5.46. The number of nitrogens with one attached hydrogen (secondary N) is 1. The molecule has 1 heterocycles. The van der Waals surface area contributed by atoms with E-state index in [1.54, 1.807) is 12.3 Å². The second kappa shape index (κ2) is 8.80. The molecule has 3 aromatic rings. The Labute approximate surface area is 174 Å². The highest BCUT2D eigenvalue weighted by Crippen LogP contribution is 2.22. The molecule has 0 unspecified atom stereocenters. The van der Waals surface area contributed by atoms with E-state index in [4.69, 9.17) is 16.0 Å². The van der Waals surface area contributed by atoms with Crippen LogP contribution in [0.4, 0.5) is 4.39 Å². The number of rotatable bonds is 8. The first kappa shape index (κ1) is 19.7. The molecule has 1 N–H and O–H groups in total. The first-order chi connectivity index (χ1) is 14.1. The predicted molar refractivity (Wildman–Crippen MR) is 110 cm³/mol. The second-order valence-corrected chi connectivity index (χ2v) is 7.81. The van der Waals surface area contributed by atoms with E-state index in [0.717, 1.165) is 29.7 Å². The van der Waals surface area contributed by atoms with Crippen molar-refractivity contribution in [2.75, 3.05) is 0 Å². The Morgan fingerprint density at radius 3 is 2.55 bits per heavy atom. The lowest BCUT2D eigenvalue weighted by molar-refractivity contribution is 0.0951. The van der Waals surface area contributed by atoms with Crippen LogP contribution in [0.15, 0.2) is 65.3 Å². The van der Waals surface area contributed by atoms with Crippen molar-refractivity contribution in [1.82, 2.24) is 10.2 Å². The molecule has 1 amide bonds. The van der Waals surface area contributed by atoms with Gasteiger partial charge in [-0.2, -0.15) is 0 Å². The van der Waals surface area contributed by atoms with E-state index in [9.17, 15) is 9.18 Å². The number of hydrogen-bond donors (Lipinski definition) is 1. The second-order valence-electron chi connectivity index (χ2n) is 7.40. The van der Waals surface area contributed by atoms with Gasteiger partial charge in [0.05, 0.1) is 12.8 Å². The summed E-state index contributed by atoms with van der Waals surface area (Å²) in [7, 11) is 0. The fraction of sp³-hybridized carbons (Fsp3) is 0.261. The number of amides is 1. The lowest BCUT2D eigenvalue weighted by Gasteiger charge is -2.22. The summed E-state index contributed by atoms with van der Waals surface area (Å²) in [5.74, 6) is 0.463. The van der Waals surface area contributed by atoms with Gasteiger partial charge >= 0.3 is 0 Å². The number of carbonyl (C=O) groups excluding carboxylic acids is 1. The van der Waals surface area contributed by atoms with Gasteiger partial charge in [-0.15, -0.1) is 0 Å². The van der Waals surface area contributed by atoms with E-state index in [1.165, 1.54) is 12.1 Å². The zero-order valence-corrected chi connectivity index (χ0v) is 16.7. The van der Waals surface area contributed by atoms with E-state index in [-0.39, 0.29) is 11.7 Å². The summed E-state index contributed by atoms with van der Waals surface area (Å²) in [4.78, 5) is 14.3. The van der Waals surface area contributed by atoms with Crippen molar-refractivity contribution in [3.8, 4) is 0 Å². The predicted octanol–water partition coefficient (Wildman–Crippen LogP) is 5.17. The summed E-state index contributed by atoms with van der Waals surface area (Å²) < 4.78 is 18.9. The fourth-order valence-electron chi connectivity index (χ4n) is 3.20. The Morgan fingerprint density at radius 2 is 1.90 bits per heavy atom. The van der Waals surface area contributed by atoms with Crippen LogP contribution in [-0.4, -0.2) is 16.8 Å². The third-order valence-corrected chi connectivity index (χ3v) is 5.26. The van der Waals surface area contributed by atoms with Crippen molar-refractivity contribution >= 4 is 17.5 Å². The standard InChI is InChI=1S/C23H22ClFN2O2/c24-22-12-19(25)8-7-18(22)14-27(15-21-2-1-11-29-21)13-16-3-5-17(6-4-16)23(28)26-20-9-10-20/h1-8,11-12,20H,9-10,13-15H2,(H,26,28). The summed E-state index contributed by atoms with van der Waals surface area (Å²) in [6, 6.07) is 16.2. The van der Waals surface area contributed by atoms with Crippen LogP contribution in [0.25, 0.3) is 0 Å². The van der Waals surface area contributed by atoms with Crippen LogP contribution in [0.2, 0.25) is 5.02 Å². The quantitative estimate of drug-likeness (QED) is 0.555. The molecule has 6 heteroatoms. The molecule has 4 rings (SSSR count). The number of hydrogen-bond acceptors (Lipinski definition) is 3. The largest absolute Gasteiger partial charge is 0.468 e. The highest BCUT2D eigenvalue weighted by molar-refractivity contribution is 6.31. The van der Waals surface area contributed by atoms with Gasteiger partial charge in [0.15, 0.2) is 0 Å². The average molecular weight is 413 g/mol. The van der Waals surface area contributed by atoms with E-state index >= 15 is 0 Å². The molecule has 1 aliphatic carbocycles. The monoisotopic (exact) mass is 412 g/mol. The minimum absolute atomic E-state index is 0.0235. The van der Waals surface area contributed by atoms with Gasteiger partial charge in [-0.1, -0.05) is 29.8 Å². The first-order valence-electron chi connectivity index (χ1n) is 9.65. The number of halogens is 2. The topological polar surface area (TPSA) is 45.5 Å². The minimum Gasteiger partial charge on any atom is -0.468 e. The highest BCUT2D eigenvalue weighted by Gasteiger charge is 2.23. The number of carbonyl (C=O) groups is 1. The summed E-state index contributed by atoms with van der Waals surface area (Å²) in [5, 5.41) is 3.40. The number of benzene rings is 2. The molecule has 29 heavy (non-hydrogen) atoms. The Bertz CT molecular complexity index is 969. The van der Waals surface area contributed by atoms with Crippen molar-refractivity contribution in [3.63, 3.8) is 0 Å². The summed E-state index contributed by atoms with van der Waals surface area (Å²) in [6.45, 7) is 1.77. The smallest absolute Gasteiger partial charge is 0.251 e. The average Bonchev–Trinajstić information content (AvgIpc) is 3.36. The van der Waals surface area contributed by atoms with Crippen LogP contribution in [0.5, 0.6) is 0 Å². The lowest BCUT2D eigenvalue weighted by Crippen LogP contribution is -2.25. The van der Waals surface area contributed by atoms with Crippen molar-refractivity contribution in [2.45, 2.75) is 38.5 Å². The first-order valence-corrected chi connectivity index (χ1v) is 10.0. The van der Waals surface area contributed by atoms with Crippen molar-refractivity contribution in [1.29, 1.82) is 0 Å². The van der Waals surface area contributed by atoms with Crippen LogP contribution in [0, 0.1) is 5.82 Å². The third-order valence-electron chi connectivity index (χ3n) is 4.90. The molecule has 1 fully saturated rings. The van der Waals surface area contributed by atoms with Crippen LogP contribution < -0.4 is 5.32 Å². The molecular weight excluding hydrogens is 391 g/mol. The molecule has 1 aliphatic rings. The van der Waals surface area contributed by atoms with Gasteiger partial charge in [-0.05, 0) is 60.4 Å². The number of furan rings is 1. The van der Waals surface area contributed by atoms with Gasteiger partial charge in [0.25, 0.3) is 5.91 Å².